The predicted molar refractivity (Wildman–Crippen MR) is 111 cm³/mol. The van der Waals surface area contributed by atoms with E-state index in [1.165, 1.54) is 0 Å². The summed E-state index contributed by atoms with van der Waals surface area (Å²) in [7, 11) is -9.75. The third-order valence-corrected chi connectivity index (χ3v) is 7.07. The third-order valence-electron chi connectivity index (χ3n) is 3.51. The standard InChI is InChI=1S/C16H19O7PS.3K/c17-24(18,19)16(25(20,21)22)11-5-7-13-6-4-10-15(12-13)23-14-8-2-1-3-9-14;;;/h1-4,6,8-10,12,16H,5,7,11H2,(H2,17,18,19)(H,20,21,22);;;/t16-;;;/m0.../s1. The first kappa shape index (κ1) is 33.4. The van der Waals surface area contributed by atoms with E-state index in [9.17, 15) is 13.0 Å². The van der Waals surface area contributed by atoms with Gasteiger partial charge in [-0.25, -0.2) is 0 Å². The zero-order chi connectivity index (χ0) is 18.5. The summed E-state index contributed by atoms with van der Waals surface area (Å²) in [6, 6.07) is 16.3. The molecule has 0 aliphatic rings. The van der Waals surface area contributed by atoms with Crippen molar-refractivity contribution in [2.24, 2.45) is 0 Å². The molecule has 0 aliphatic carbocycles. The molecule has 0 aliphatic heterocycles. The molecule has 2 aromatic rings. The van der Waals surface area contributed by atoms with Crippen LogP contribution < -0.4 is 4.74 Å². The van der Waals surface area contributed by atoms with Gasteiger partial charge in [0.1, 0.15) is 11.5 Å². The Balaban J connectivity index is 0. The molecule has 0 fully saturated rings. The van der Waals surface area contributed by atoms with E-state index in [2.05, 4.69) is 0 Å². The van der Waals surface area contributed by atoms with Crippen molar-refractivity contribution in [1.29, 1.82) is 0 Å². The summed E-state index contributed by atoms with van der Waals surface area (Å²) in [5, 5.41) is 0. The fourth-order valence-corrected chi connectivity index (χ4v) is 4.73. The molecule has 0 unspecified atom stereocenters. The van der Waals surface area contributed by atoms with Crippen LogP contribution in [0.5, 0.6) is 11.5 Å². The van der Waals surface area contributed by atoms with E-state index >= 15 is 0 Å². The first-order valence-corrected chi connectivity index (χ1v) is 10.7. The number of para-hydroxylation sites is 1. The molecule has 3 radical (unpaired) electrons. The second-order valence-electron chi connectivity index (χ2n) is 5.51. The van der Waals surface area contributed by atoms with E-state index in [1.807, 2.05) is 30.3 Å². The zero-order valence-corrected chi connectivity index (χ0v) is 27.3. The molecule has 0 spiro atoms. The quantitative estimate of drug-likeness (QED) is 0.286. The molecule has 2 rings (SSSR count). The van der Waals surface area contributed by atoms with E-state index in [4.69, 9.17) is 19.1 Å². The summed E-state index contributed by atoms with van der Waals surface area (Å²) in [6.45, 7) is 0. The molecule has 3 N–H and O–H groups in total. The van der Waals surface area contributed by atoms with Gasteiger partial charge in [-0.3, -0.25) is 9.12 Å². The van der Waals surface area contributed by atoms with Crippen LogP contribution in [0.1, 0.15) is 18.4 Å². The van der Waals surface area contributed by atoms with Gasteiger partial charge in [-0.2, -0.15) is 8.42 Å². The molecule has 7 nitrogen and oxygen atoms in total. The minimum atomic E-state index is -4.94. The van der Waals surface area contributed by atoms with Crippen LogP contribution in [-0.4, -0.2) is 182 Å². The molecular formula is C16H19K3O7PS. The predicted octanol–water partition coefficient (Wildman–Crippen LogP) is 2.05. The number of hydrogen-bond donors (Lipinski definition) is 3. The van der Waals surface area contributed by atoms with Gasteiger partial charge in [-0.1, -0.05) is 30.3 Å². The number of hydrogen-bond acceptors (Lipinski definition) is 4. The molecule has 0 saturated carbocycles. The molecule has 2 aromatic carbocycles. The maximum Gasteiger partial charge on any atom is 0.346 e. The fraction of sp³-hybridized carbons (Fsp3) is 0.250. The van der Waals surface area contributed by atoms with Gasteiger partial charge in [-0.15, -0.1) is 0 Å². The van der Waals surface area contributed by atoms with Crippen LogP contribution >= 0.6 is 7.60 Å². The molecule has 28 heavy (non-hydrogen) atoms. The Morgan fingerprint density at radius 2 is 1.50 bits per heavy atom. The van der Waals surface area contributed by atoms with Gasteiger partial charge in [0, 0.05) is 154 Å². The van der Waals surface area contributed by atoms with Gasteiger partial charge in [0.05, 0.1) is 0 Å². The second kappa shape index (κ2) is 15.9. The van der Waals surface area contributed by atoms with Crippen LogP contribution in [0.4, 0.5) is 0 Å². The fourth-order valence-electron chi connectivity index (χ4n) is 2.36. The van der Waals surface area contributed by atoms with Gasteiger partial charge in [0.25, 0.3) is 10.1 Å². The van der Waals surface area contributed by atoms with Crippen LogP contribution in [-0.2, 0) is 21.1 Å². The second-order valence-corrected chi connectivity index (χ2v) is 9.26. The van der Waals surface area contributed by atoms with Crippen LogP contribution in [0.3, 0.4) is 0 Å². The minimum absolute atomic E-state index is 0. The Hall–Kier alpha value is 3.21. The molecule has 12 heteroatoms. The van der Waals surface area contributed by atoms with E-state index in [-0.39, 0.29) is 167 Å². The number of benzene rings is 2. The van der Waals surface area contributed by atoms with Crippen molar-refractivity contribution in [3.63, 3.8) is 0 Å². The average molecular weight is 504 g/mol. The molecular weight excluding hydrogens is 485 g/mol. The first-order chi connectivity index (χ1) is 11.7. The Labute approximate surface area is 293 Å². The summed E-state index contributed by atoms with van der Waals surface area (Å²) in [5.41, 5.74) is 0.827. The normalized spacial score (nSPS) is 12.0. The van der Waals surface area contributed by atoms with Crippen molar-refractivity contribution >= 4 is 172 Å². The monoisotopic (exact) mass is 503 g/mol. The Morgan fingerprint density at radius 1 is 0.929 bits per heavy atom. The SMILES string of the molecule is O=P(O)(O)[C@H](CCCc1cccc(Oc2ccccc2)c1)S(=O)(=O)O.[K].[K].[K]. The van der Waals surface area contributed by atoms with Crippen molar-refractivity contribution in [3.8, 4) is 11.5 Å². The van der Waals surface area contributed by atoms with E-state index in [0.29, 0.717) is 17.9 Å². The van der Waals surface area contributed by atoms with Gasteiger partial charge >= 0.3 is 7.60 Å². The summed E-state index contributed by atoms with van der Waals surface area (Å²) in [6.07, 6.45) is 0.231. The molecule has 0 bridgehead atoms. The topological polar surface area (TPSA) is 121 Å². The summed E-state index contributed by atoms with van der Waals surface area (Å²) in [4.78, 5) is 16.0. The number of rotatable bonds is 8. The van der Waals surface area contributed by atoms with Crippen LogP contribution in [0.2, 0.25) is 0 Å². The Kier molecular flexibility index (Phi) is 19.0. The molecule has 0 saturated heterocycles. The summed E-state index contributed by atoms with van der Waals surface area (Å²) >= 11 is 0. The zero-order valence-electron chi connectivity index (χ0n) is 16.2. The van der Waals surface area contributed by atoms with Crippen molar-refractivity contribution < 1.29 is 32.1 Å². The molecule has 0 heterocycles. The molecule has 1 atom stereocenters. The summed E-state index contributed by atoms with van der Waals surface area (Å²) < 4.78 is 48.1. The van der Waals surface area contributed by atoms with Crippen molar-refractivity contribution in [2.75, 3.05) is 0 Å². The molecule has 0 amide bonds. The first-order valence-electron chi connectivity index (χ1n) is 7.49. The van der Waals surface area contributed by atoms with Gasteiger partial charge in [0.2, 0.25) is 0 Å². The van der Waals surface area contributed by atoms with Crippen molar-refractivity contribution in [2.45, 2.75) is 24.3 Å². The van der Waals surface area contributed by atoms with Gasteiger partial charge < -0.3 is 14.5 Å². The van der Waals surface area contributed by atoms with Crippen LogP contribution in [0.15, 0.2) is 54.6 Å². The van der Waals surface area contributed by atoms with E-state index in [0.717, 1.165) is 5.56 Å². The van der Waals surface area contributed by atoms with E-state index in [1.54, 1.807) is 24.3 Å². The Morgan fingerprint density at radius 3 is 2.04 bits per heavy atom. The smallest absolute Gasteiger partial charge is 0.346 e. The van der Waals surface area contributed by atoms with Crippen LogP contribution in [0, 0.1) is 0 Å². The molecule has 139 valence electrons. The third kappa shape index (κ3) is 12.4. The molecule has 0 aromatic heterocycles. The van der Waals surface area contributed by atoms with Crippen LogP contribution in [0.25, 0.3) is 0 Å². The Bertz CT molecular complexity index is 860. The number of ether oxygens (including phenoxy) is 1. The van der Waals surface area contributed by atoms with Crippen molar-refractivity contribution in [1.82, 2.24) is 0 Å². The maximum absolute atomic E-state index is 11.2. The maximum atomic E-state index is 11.2. The minimum Gasteiger partial charge on any atom is -0.457 e. The van der Waals surface area contributed by atoms with E-state index < -0.39 is 22.7 Å². The summed E-state index contributed by atoms with van der Waals surface area (Å²) in [5.74, 6) is 1.28. The van der Waals surface area contributed by atoms with Gasteiger partial charge in [-0.05, 0) is 49.1 Å². The average Bonchev–Trinajstić information content (AvgIpc) is 2.50. The van der Waals surface area contributed by atoms with Gasteiger partial charge in [0.15, 0.2) is 4.99 Å². The van der Waals surface area contributed by atoms with Crippen molar-refractivity contribution in [3.05, 3.63) is 60.2 Å². The largest absolute Gasteiger partial charge is 0.457 e. The number of aryl methyl sites for hydroxylation is 1.